The molecule has 0 radical (unpaired) electrons. The number of aromatic amines is 2. The van der Waals surface area contributed by atoms with Gasteiger partial charge in [-0.1, -0.05) is 0 Å². The lowest BCUT2D eigenvalue weighted by molar-refractivity contribution is 0.102. The van der Waals surface area contributed by atoms with Crippen molar-refractivity contribution in [1.82, 2.24) is 15.2 Å². The third kappa shape index (κ3) is 3.66. The SMILES string of the molecule is Cc1cc(F)ccc1NC(=O)c1[nH]ncc1NC(=O)c1ccc(=O)[nH]c1. The summed E-state index contributed by atoms with van der Waals surface area (Å²) in [5.74, 6) is -1.47. The van der Waals surface area contributed by atoms with Gasteiger partial charge in [0.25, 0.3) is 11.8 Å². The molecule has 26 heavy (non-hydrogen) atoms. The molecule has 0 aliphatic carbocycles. The predicted octanol–water partition coefficient (Wildman–Crippen LogP) is 2.05. The Labute approximate surface area is 146 Å². The molecule has 9 heteroatoms. The minimum Gasteiger partial charge on any atom is -0.328 e. The van der Waals surface area contributed by atoms with Crippen LogP contribution < -0.4 is 16.2 Å². The van der Waals surface area contributed by atoms with Gasteiger partial charge in [-0.15, -0.1) is 0 Å². The molecule has 0 bridgehead atoms. The number of aryl methyl sites for hydroxylation is 1. The first kappa shape index (κ1) is 17.1. The van der Waals surface area contributed by atoms with Crippen LogP contribution >= 0.6 is 0 Å². The molecule has 0 spiro atoms. The zero-order valence-electron chi connectivity index (χ0n) is 13.6. The largest absolute Gasteiger partial charge is 0.328 e. The molecule has 0 atom stereocenters. The summed E-state index contributed by atoms with van der Waals surface area (Å²) in [6.45, 7) is 1.66. The maximum Gasteiger partial charge on any atom is 0.275 e. The molecule has 4 N–H and O–H groups in total. The molecule has 132 valence electrons. The van der Waals surface area contributed by atoms with Crippen LogP contribution in [-0.4, -0.2) is 27.0 Å². The first-order valence-electron chi connectivity index (χ1n) is 7.55. The van der Waals surface area contributed by atoms with E-state index in [1.807, 2.05) is 0 Å². The highest BCUT2D eigenvalue weighted by Crippen LogP contribution is 2.19. The lowest BCUT2D eigenvalue weighted by atomic mass is 10.2. The van der Waals surface area contributed by atoms with Gasteiger partial charge in [-0.2, -0.15) is 5.10 Å². The van der Waals surface area contributed by atoms with Gasteiger partial charge >= 0.3 is 0 Å². The fraction of sp³-hybridized carbons (Fsp3) is 0.0588. The van der Waals surface area contributed by atoms with Crippen molar-refractivity contribution in [3.8, 4) is 0 Å². The van der Waals surface area contributed by atoms with Crippen molar-refractivity contribution in [2.75, 3.05) is 10.6 Å². The molecule has 2 amide bonds. The number of carbonyl (C=O) groups excluding carboxylic acids is 2. The lowest BCUT2D eigenvalue weighted by Gasteiger charge is -2.09. The average Bonchev–Trinajstić information content (AvgIpc) is 3.06. The van der Waals surface area contributed by atoms with E-state index in [1.54, 1.807) is 6.92 Å². The van der Waals surface area contributed by atoms with Gasteiger partial charge in [-0.05, 0) is 36.8 Å². The van der Waals surface area contributed by atoms with E-state index in [4.69, 9.17) is 0 Å². The molecule has 0 aliphatic heterocycles. The van der Waals surface area contributed by atoms with Crippen molar-refractivity contribution in [2.24, 2.45) is 0 Å². The summed E-state index contributed by atoms with van der Waals surface area (Å²) in [5, 5.41) is 11.4. The summed E-state index contributed by atoms with van der Waals surface area (Å²) in [4.78, 5) is 38.1. The fourth-order valence-electron chi connectivity index (χ4n) is 2.25. The Bertz CT molecular complexity index is 1020. The van der Waals surface area contributed by atoms with Crippen LogP contribution in [0.25, 0.3) is 0 Å². The molecule has 0 aliphatic rings. The number of hydrogen-bond donors (Lipinski definition) is 4. The number of amides is 2. The van der Waals surface area contributed by atoms with E-state index in [0.717, 1.165) is 0 Å². The topological polar surface area (TPSA) is 120 Å². The van der Waals surface area contributed by atoms with Crippen LogP contribution in [0, 0.1) is 12.7 Å². The van der Waals surface area contributed by atoms with Crippen molar-refractivity contribution >= 4 is 23.2 Å². The summed E-state index contributed by atoms with van der Waals surface area (Å²) >= 11 is 0. The van der Waals surface area contributed by atoms with Crippen molar-refractivity contribution in [3.05, 3.63) is 75.7 Å². The summed E-state index contributed by atoms with van der Waals surface area (Å²) < 4.78 is 13.2. The van der Waals surface area contributed by atoms with E-state index in [0.29, 0.717) is 11.3 Å². The highest BCUT2D eigenvalue weighted by Gasteiger charge is 2.17. The number of aromatic nitrogens is 3. The predicted molar refractivity (Wildman–Crippen MR) is 92.7 cm³/mol. The molecule has 2 aromatic heterocycles. The third-order valence-corrected chi connectivity index (χ3v) is 3.60. The molecule has 8 nitrogen and oxygen atoms in total. The third-order valence-electron chi connectivity index (χ3n) is 3.60. The Morgan fingerprint density at radius 3 is 2.54 bits per heavy atom. The van der Waals surface area contributed by atoms with E-state index in [-0.39, 0.29) is 22.5 Å². The molecule has 1 aromatic carbocycles. The smallest absolute Gasteiger partial charge is 0.275 e. The van der Waals surface area contributed by atoms with Gasteiger partial charge in [0.1, 0.15) is 11.5 Å². The molecule has 0 saturated heterocycles. The number of H-pyrrole nitrogens is 2. The monoisotopic (exact) mass is 355 g/mol. The van der Waals surface area contributed by atoms with Gasteiger partial charge in [0.05, 0.1) is 17.4 Å². The Balaban J connectivity index is 1.77. The second kappa shape index (κ2) is 7.01. The number of rotatable bonds is 4. The van der Waals surface area contributed by atoms with Crippen LogP contribution in [0.15, 0.2) is 47.5 Å². The van der Waals surface area contributed by atoms with E-state index < -0.39 is 17.6 Å². The van der Waals surface area contributed by atoms with Crippen molar-refractivity contribution in [1.29, 1.82) is 0 Å². The Hall–Kier alpha value is -3.75. The number of halogens is 1. The maximum absolute atomic E-state index is 13.2. The number of nitrogens with one attached hydrogen (secondary N) is 4. The first-order chi connectivity index (χ1) is 12.4. The molecule has 3 aromatic rings. The van der Waals surface area contributed by atoms with Crippen LogP contribution in [0.3, 0.4) is 0 Å². The number of anilines is 2. The van der Waals surface area contributed by atoms with Crippen molar-refractivity contribution in [2.45, 2.75) is 6.92 Å². The minimum atomic E-state index is -0.547. The second-order valence-electron chi connectivity index (χ2n) is 5.47. The van der Waals surface area contributed by atoms with Gasteiger partial charge in [-0.25, -0.2) is 4.39 Å². The van der Waals surface area contributed by atoms with Crippen LogP contribution in [0.2, 0.25) is 0 Å². The van der Waals surface area contributed by atoms with E-state index >= 15 is 0 Å². The Kier molecular flexibility index (Phi) is 4.61. The number of hydrogen-bond acceptors (Lipinski definition) is 4. The van der Waals surface area contributed by atoms with E-state index in [2.05, 4.69) is 25.8 Å². The number of pyridine rings is 1. The van der Waals surface area contributed by atoms with Gasteiger partial charge in [0.2, 0.25) is 5.56 Å². The number of benzene rings is 1. The van der Waals surface area contributed by atoms with Gasteiger partial charge in [-0.3, -0.25) is 19.5 Å². The summed E-state index contributed by atoms with van der Waals surface area (Å²) in [5.41, 5.74) is 1.07. The molecular weight excluding hydrogens is 341 g/mol. The zero-order valence-corrected chi connectivity index (χ0v) is 13.6. The molecular formula is C17H14FN5O3. The highest BCUT2D eigenvalue weighted by molar-refractivity contribution is 6.11. The van der Waals surface area contributed by atoms with E-state index in [1.165, 1.54) is 42.7 Å². The number of nitrogens with zero attached hydrogens (tertiary/aromatic N) is 1. The number of carbonyl (C=O) groups is 2. The standard InChI is InChI=1S/C17H14FN5O3/c1-9-6-11(18)3-4-12(9)21-17(26)15-13(8-20-23-15)22-16(25)10-2-5-14(24)19-7-10/h2-8H,1H3,(H,19,24)(H,20,23)(H,21,26)(H,22,25). The summed E-state index contributed by atoms with van der Waals surface area (Å²) in [7, 11) is 0. The first-order valence-corrected chi connectivity index (χ1v) is 7.55. The Morgan fingerprint density at radius 1 is 1.08 bits per heavy atom. The quantitative estimate of drug-likeness (QED) is 0.572. The van der Waals surface area contributed by atoms with Crippen molar-refractivity contribution in [3.63, 3.8) is 0 Å². The van der Waals surface area contributed by atoms with Crippen LogP contribution in [0.5, 0.6) is 0 Å². The normalized spacial score (nSPS) is 10.4. The molecule has 0 saturated carbocycles. The molecule has 2 heterocycles. The lowest BCUT2D eigenvalue weighted by Crippen LogP contribution is -2.19. The molecule has 0 unspecified atom stereocenters. The van der Waals surface area contributed by atoms with E-state index in [9.17, 15) is 18.8 Å². The second-order valence-corrected chi connectivity index (χ2v) is 5.47. The maximum atomic E-state index is 13.2. The van der Waals surface area contributed by atoms with Crippen molar-refractivity contribution < 1.29 is 14.0 Å². The summed E-state index contributed by atoms with van der Waals surface area (Å²) in [6.07, 6.45) is 2.55. The minimum absolute atomic E-state index is 0.0338. The Morgan fingerprint density at radius 2 is 1.85 bits per heavy atom. The highest BCUT2D eigenvalue weighted by atomic mass is 19.1. The zero-order chi connectivity index (χ0) is 18.7. The van der Waals surface area contributed by atoms with Crippen LogP contribution in [0.1, 0.15) is 26.4 Å². The average molecular weight is 355 g/mol. The fourth-order valence-corrected chi connectivity index (χ4v) is 2.25. The van der Waals surface area contributed by atoms with Gasteiger partial charge in [0, 0.05) is 18.0 Å². The van der Waals surface area contributed by atoms with Crippen LogP contribution in [-0.2, 0) is 0 Å². The summed E-state index contributed by atoms with van der Waals surface area (Å²) in [6, 6.07) is 6.54. The van der Waals surface area contributed by atoms with Gasteiger partial charge in [0.15, 0.2) is 0 Å². The van der Waals surface area contributed by atoms with Crippen LogP contribution in [0.4, 0.5) is 15.8 Å². The van der Waals surface area contributed by atoms with Gasteiger partial charge < -0.3 is 15.6 Å². The molecule has 0 fully saturated rings. The molecule has 3 rings (SSSR count).